The molecule has 0 aliphatic heterocycles. The molecule has 7 heteroatoms. The van der Waals surface area contributed by atoms with Gasteiger partial charge in [0.15, 0.2) is 11.6 Å². The Morgan fingerprint density at radius 1 is 1.18 bits per heavy atom. The van der Waals surface area contributed by atoms with E-state index >= 15 is 0 Å². The first-order chi connectivity index (χ1) is 8.11. The zero-order valence-electron chi connectivity index (χ0n) is 8.57. The molecule has 4 nitrogen and oxygen atoms in total. The molecule has 0 spiro atoms. The van der Waals surface area contributed by atoms with Crippen molar-refractivity contribution in [1.82, 2.24) is 15.0 Å². The van der Waals surface area contributed by atoms with Crippen LogP contribution in [0.15, 0.2) is 18.3 Å². The number of aliphatic hydroxyl groups is 1. The first-order valence-electron chi connectivity index (χ1n) is 4.79. The summed E-state index contributed by atoms with van der Waals surface area (Å²) in [6.07, 6.45) is 1.50. The van der Waals surface area contributed by atoms with E-state index in [0.717, 1.165) is 4.68 Å². The predicted octanol–water partition coefficient (Wildman–Crippen LogP) is 1.22. The third-order valence-electron chi connectivity index (χ3n) is 2.12. The third kappa shape index (κ3) is 2.28. The summed E-state index contributed by atoms with van der Waals surface area (Å²) in [6, 6.07) is 1.12. The van der Waals surface area contributed by atoms with Gasteiger partial charge in [-0.25, -0.2) is 17.9 Å². The van der Waals surface area contributed by atoms with Crippen LogP contribution in [0.4, 0.5) is 13.2 Å². The lowest BCUT2D eigenvalue weighted by Crippen LogP contribution is -2.03. The molecule has 0 unspecified atom stereocenters. The van der Waals surface area contributed by atoms with Crippen LogP contribution in [0, 0.1) is 17.5 Å². The van der Waals surface area contributed by atoms with E-state index in [0.29, 0.717) is 17.8 Å². The molecule has 2 rings (SSSR count). The Hall–Kier alpha value is -1.89. The van der Waals surface area contributed by atoms with Gasteiger partial charge in [0.2, 0.25) is 0 Å². The molecule has 0 radical (unpaired) electrons. The highest BCUT2D eigenvalue weighted by Gasteiger charge is 2.15. The normalized spacial score (nSPS) is 10.8. The van der Waals surface area contributed by atoms with Gasteiger partial charge in [-0.15, -0.1) is 5.10 Å². The molecular formula is C10H8F3N3O. The fraction of sp³-hybridized carbons (Fsp3) is 0.200. The van der Waals surface area contributed by atoms with E-state index in [1.54, 1.807) is 0 Å². The molecule has 17 heavy (non-hydrogen) atoms. The van der Waals surface area contributed by atoms with E-state index < -0.39 is 23.1 Å². The quantitative estimate of drug-likeness (QED) is 0.881. The molecule has 0 atom stereocenters. The zero-order chi connectivity index (χ0) is 12.4. The smallest absolute Gasteiger partial charge is 0.154 e. The van der Waals surface area contributed by atoms with E-state index in [-0.39, 0.29) is 13.0 Å². The van der Waals surface area contributed by atoms with Crippen LogP contribution >= 0.6 is 0 Å². The van der Waals surface area contributed by atoms with Crippen molar-refractivity contribution in [2.75, 3.05) is 6.61 Å². The Labute approximate surface area is 94.3 Å². The lowest BCUT2D eigenvalue weighted by atomic mass is 10.3. The van der Waals surface area contributed by atoms with E-state index in [1.807, 2.05) is 0 Å². The Morgan fingerprint density at radius 2 is 1.82 bits per heavy atom. The van der Waals surface area contributed by atoms with Gasteiger partial charge < -0.3 is 5.11 Å². The molecule has 1 heterocycles. The van der Waals surface area contributed by atoms with Crippen molar-refractivity contribution in [1.29, 1.82) is 0 Å². The minimum atomic E-state index is -1.07. The van der Waals surface area contributed by atoms with Gasteiger partial charge in [-0.05, 0) is 0 Å². The van der Waals surface area contributed by atoms with Crippen molar-refractivity contribution in [2.45, 2.75) is 6.42 Å². The third-order valence-corrected chi connectivity index (χ3v) is 2.12. The number of nitrogens with zero attached hydrogens (tertiary/aromatic N) is 3. The molecule has 1 N–H and O–H groups in total. The van der Waals surface area contributed by atoms with Crippen LogP contribution in [-0.4, -0.2) is 26.7 Å². The minimum Gasteiger partial charge on any atom is -0.396 e. The number of aliphatic hydroxyl groups excluding tert-OH is 1. The summed E-state index contributed by atoms with van der Waals surface area (Å²) in [5, 5.41) is 15.8. The van der Waals surface area contributed by atoms with Crippen molar-refractivity contribution in [3.8, 4) is 5.69 Å². The first kappa shape index (κ1) is 11.6. The molecule has 0 aliphatic rings. The molecule has 0 fully saturated rings. The Kier molecular flexibility index (Phi) is 3.10. The summed E-state index contributed by atoms with van der Waals surface area (Å²) in [5.74, 6) is -3.13. The highest BCUT2D eigenvalue weighted by atomic mass is 19.1. The summed E-state index contributed by atoms with van der Waals surface area (Å²) in [6.45, 7) is -0.146. The van der Waals surface area contributed by atoms with Crippen molar-refractivity contribution >= 4 is 0 Å². The number of halogens is 3. The Balaban J connectivity index is 2.45. The molecule has 0 bridgehead atoms. The van der Waals surface area contributed by atoms with E-state index in [4.69, 9.17) is 5.11 Å². The number of rotatable bonds is 3. The Bertz CT molecular complexity index is 518. The van der Waals surface area contributed by atoms with Gasteiger partial charge in [0.1, 0.15) is 11.5 Å². The fourth-order valence-corrected chi connectivity index (χ4v) is 1.39. The first-order valence-corrected chi connectivity index (χ1v) is 4.79. The summed E-state index contributed by atoms with van der Waals surface area (Å²) >= 11 is 0. The number of hydrogen-bond acceptors (Lipinski definition) is 3. The van der Waals surface area contributed by atoms with E-state index in [9.17, 15) is 13.2 Å². The molecule has 0 saturated heterocycles. The van der Waals surface area contributed by atoms with Crippen LogP contribution in [0.3, 0.4) is 0 Å². The lowest BCUT2D eigenvalue weighted by molar-refractivity contribution is 0.298. The average Bonchev–Trinajstić information content (AvgIpc) is 2.65. The topological polar surface area (TPSA) is 50.9 Å². The van der Waals surface area contributed by atoms with Gasteiger partial charge in [-0.1, -0.05) is 5.21 Å². The molecule has 1 aromatic carbocycles. The van der Waals surface area contributed by atoms with Crippen LogP contribution in [0.2, 0.25) is 0 Å². The number of aromatic nitrogens is 3. The highest BCUT2D eigenvalue weighted by molar-refractivity contribution is 5.34. The monoisotopic (exact) mass is 243 g/mol. The van der Waals surface area contributed by atoms with Gasteiger partial charge >= 0.3 is 0 Å². The summed E-state index contributed by atoms with van der Waals surface area (Å²) < 4.78 is 40.3. The second-order valence-corrected chi connectivity index (χ2v) is 3.35. The van der Waals surface area contributed by atoms with Crippen LogP contribution < -0.4 is 0 Å². The van der Waals surface area contributed by atoms with E-state index in [2.05, 4.69) is 10.3 Å². The second kappa shape index (κ2) is 4.54. The fourth-order valence-electron chi connectivity index (χ4n) is 1.39. The molecule has 0 saturated carbocycles. The van der Waals surface area contributed by atoms with Gasteiger partial charge in [-0.3, -0.25) is 0 Å². The van der Waals surface area contributed by atoms with Crippen LogP contribution in [-0.2, 0) is 6.42 Å². The van der Waals surface area contributed by atoms with Crippen molar-refractivity contribution in [3.05, 3.63) is 41.5 Å². The second-order valence-electron chi connectivity index (χ2n) is 3.35. The predicted molar refractivity (Wildman–Crippen MR) is 52.0 cm³/mol. The van der Waals surface area contributed by atoms with Crippen LogP contribution in [0.1, 0.15) is 5.69 Å². The van der Waals surface area contributed by atoms with Gasteiger partial charge in [0.05, 0.1) is 11.9 Å². The summed E-state index contributed by atoms with van der Waals surface area (Å²) in [7, 11) is 0. The van der Waals surface area contributed by atoms with Crippen LogP contribution in [0.25, 0.3) is 5.69 Å². The molecule has 90 valence electrons. The molecular weight excluding hydrogens is 235 g/mol. The maximum atomic E-state index is 13.4. The maximum Gasteiger partial charge on any atom is 0.154 e. The van der Waals surface area contributed by atoms with Gasteiger partial charge in [-0.2, -0.15) is 0 Å². The maximum absolute atomic E-state index is 13.4. The van der Waals surface area contributed by atoms with Crippen molar-refractivity contribution in [2.24, 2.45) is 0 Å². The summed E-state index contributed by atoms with van der Waals surface area (Å²) in [4.78, 5) is 0. The molecule has 2 aromatic rings. The van der Waals surface area contributed by atoms with Gasteiger partial charge in [0, 0.05) is 25.2 Å². The molecule has 1 aromatic heterocycles. The SMILES string of the molecule is OCCc1cn(-c2c(F)cc(F)cc2F)nn1. The number of benzene rings is 1. The zero-order valence-corrected chi connectivity index (χ0v) is 8.57. The highest BCUT2D eigenvalue weighted by Crippen LogP contribution is 2.18. The standard InChI is InChI=1S/C10H8F3N3O/c11-6-3-8(12)10(9(13)4-6)16-5-7(1-2-17)14-15-16/h3-5,17H,1-2H2. The largest absolute Gasteiger partial charge is 0.396 e. The van der Waals surface area contributed by atoms with Crippen molar-refractivity contribution in [3.63, 3.8) is 0 Å². The minimum absolute atomic E-state index is 0.146. The number of hydrogen-bond donors (Lipinski definition) is 1. The molecule has 0 aliphatic carbocycles. The molecule has 0 amide bonds. The Morgan fingerprint density at radius 3 is 2.41 bits per heavy atom. The van der Waals surface area contributed by atoms with E-state index in [1.165, 1.54) is 6.20 Å². The average molecular weight is 243 g/mol. The summed E-state index contributed by atoms with van der Waals surface area (Å²) in [5.41, 5.74) is -0.112. The van der Waals surface area contributed by atoms with Crippen molar-refractivity contribution < 1.29 is 18.3 Å². The van der Waals surface area contributed by atoms with Gasteiger partial charge in [0.25, 0.3) is 0 Å². The lowest BCUT2D eigenvalue weighted by Gasteiger charge is -2.03. The van der Waals surface area contributed by atoms with Crippen LogP contribution in [0.5, 0.6) is 0 Å².